The number of nitrogens with one attached hydrogen (secondary N) is 6. The second-order valence-electron chi connectivity index (χ2n) is 21.6. The summed E-state index contributed by atoms with van der Waals surface area (Å²) in [5.74, 6) is -8.83. The zero-order chi connectivity index (χ0) is 63.5. The summed E-state index contributed by atoms with van der Waals surface area (Å²) in [5, 5.41) is 125. The third-order valence-electron chi connectivity index (χ3n) is 15.0. The van der Waals surface area contributed by atoms with Crippen molar-refractivity contribution >= 4 is 59.7 Å². The summed E-state index contributed by atoms with van der Waals surface area (Å²) in [4.78, 5) is 103. The van der Waals surface area contributed by atoms with Crippen molar-refractivity contribution in [1.29, 1.82) is 0 Å². The summed E-state index contributed by atoms with van der Waals surface area (Å²) < 4.78 is 15.1. The second-order valence-corrected chi connectivity index (χ2v) is 22.1. The third kappa shape index (κ3) is 19.2. The number of hydrogen-bond donors (Lipinski definition) is 16. The number of nitrogens with zero attached hydrogens (tertiary/aromatic N) is 2. The fraction of sp³-hybridized carbons (Fsp3) is 0.526. The van der Waals surface area contributed by atoms with Crippen LogP contribution in [0.5, 0.6) is 17.2 Å². The largest absolute Gasteiger partial charge is 0.504 e. The van der Waals surface area contributed by atoms with Crippen molar-refractivity contribution in [2.24, 2.45) is 5.92 Å². The minimum atomic E-state index is -2.15. The molecule has 478 valence electrons. The number of unbranched alkanes of at least 4 members (excludes halogenated alkanes) is 1. The normalized spacial score (nSPS) is 25.6. The van der Waals surface area contributed by atoms with Gasteiger partial charge in [-0.3, -0.25) is 33.6 Å². The van der Waals surface area contributed by atoms with Crippen LogP contribution in [0.3, 0.4) is 0 Å². The Morgan fingerprint density at radius 3 is 2.10 bits per heavy atom. The van der Waals surface area contributed by atoms with Crippen LogP contribution in [0, 0.1) is 5.92 Å². The Bertz CT molecular complexity index is 2820. The number of phenolic OH excluding ortho intramolecular Hbond substituents is 1. The van der Waals surface area contributed by atoms with E-state index in [1.165, 1.54) is 19.1 Å². The van der Waals surface area contributed by atoms with Crippen molar-refractivity contribution in [1.82, 2.24) is 41.7 Å². The topological polar surface area (TPSA) is 437 Å². The quantitative estimate of drug-likeness (QED) is 0.0151. The molecule has 0 bridgehead atoms. The molecule has 3 saturated heterocycles. The monoisotopic (exact) mass is 1240 g/mol. The van der Waals surface area contributed by atoms with E-state index >= 15 is 0 Å². The van der Waals surface area contributed by atoms with Crippen molar-refractivity contribution in [3.05, 3.63) is 83.9 Å². The van der Waals surface area contributed by atoms with Crippen LogP contribution in [-0.2, 0) is 49.4 Å². The number of ether oxygens (including phenoxy) is 1. The molecule has 7 amide bonds. The Morgan fingerprint density at radius 1 is 0.793 bits per heavy atom. The predicted molar refractivity (Wildman–Crippen MR) is 309 cm³/mol. The van der Waals surface area contributed by atoms with Gasteiger partial charge in [-0.2, -0.15) is 0 Å². The summed E-state index contributed by atoms with van der Waals surface area (Å²) in [5.41, 5.74) is 2.45. The third-order valence-corrected chi connectivity index (χ3v) is 15.4. The van der Waals surface area contributed by atoms with E-state index in [9.17, 15) is 79.5 Å². The highest BCUT2D eigenvalue weighted by Crippen LogP contribution is 2.32. The van der Waals surface area contributed by atoms with E-state index in [-0.39, 0.29) is 36.7 Å². The highest BCUT2D eigenvalue weighted by Gasteiger charge is 2.50. The van der Waals surface area contributed by atoms with Crippen LogP contribution >= 0.6 is 12.3 Å². The molecule has 1 unspecified atom stereocenters. The first kappa shape index (κ1) is 69.1. The van der Waals surface area contributed by atoms with Gasteiger partial charge in [0.25, 0.3) is 12.3 Å². The molecule has 0 aromatic heterocycles. The van der Waals surface area contributed by atoms with Crippen molar-refractivity contribution in [3.8, 4) is 28.4 Å². The van der Waals surface area contributed by atoms with E-state index in [0.29, 0.717) is 12.2 Å². The average molecular weight is 1240 g/mol. The van der Waals surface area contributed by atoms with E-state index in [2.05, 4.69) is 48.2 Å². The van der Waals surface area contributed by atoms with Gasteiger partial charge < -0.3 is 96.6 Å². The number of fused-ring (bicyclic) bond motifs is 2. The Kier molecular flexibility index (Phi) is 26.5. The molecule has 3 aromatic carbocycles. The van der Waals surface area contributed by atoms with Crippen LogP contribution in [0.2, 0.25) is 0 Å². The molecule has 0 aliphatic carbocycles. The lowest BCUT2D eigenvalue weighted by atomic mass is 9.98. The van der Waals surface area contributed by atoms with Gasteiger partial charge in [-0.1, -0.05) is 72.1 Å². The molecule has 3 fully saturated rings. The standard InChI is InChI=1S/C57H78N8O21S/c1-4-5-20-83-39-14-12-35(13-15-39)34-10-6-32(7-11-34)9-17-46(74)60-40-23-37(69)25-59-55(79)50-51(75)30(2)26-65(50)57(81)49(43(72)18-19-58-36(28-66)29-67)63-54(78)48(44(73)21-33-8-16-42(71)45(22-33)84-87-86-85-82)62-53(77)41-24-38(70)27-64(41)56(80)47(31(3)68)61-52(40)76/h6-17,22,30-31,36-38,40-41,43-44,47-51,58,66-73,75,82H,4-5,18-21,23-29H2,1-3H3,(H,59,79)(H,60,74)(H,61,76)(H,62,77)(H,63,78)/b17-9+/t30-,31+,37+,38+,40?,41-,43+,44+,47-,48-,49-,50-,51-/m0/s1. The zero-order valence-electron chi connectivity index (χ0n) is 48.0. The first-order chi connectivity index (χ1) is 41.6. The van der Waals surface area contributed by atoms with Crippen LogP contribution < -0.4 is 40.8 Å². The molecule has 16 N–H and O–H groups in total. The van der Waals surface area contributed by atoms with Crippen LogP contribution in [0.15, 0.2) is 72.8 Å². The lowest BCUT2D eigenvalue weighted by Gasteiger charge is -2.34. The van der Waals surface area contributed by atoms with E-state index in [1.54, 1.807) is 12.1 Å². The highest BCUT2D eigenvalue weighted by molar-refractivity contribution is 7.90. The SMILES string of the molecule is CCCCOc1ccc(-c2ccc(/C=C/C(=O)NC3C[C@@H](O)CNC(=O)[C@@H]4[C@@H](O)[C@@H](C)CN4C(=O)[C@H]([C@H](O)CCNC(CO)CO)NC(=O)[C@H]([C@H](O)Cc4ccc(O)c(OSOOO)c4)NC(=O)[C@@H]4C[C@@H](O)CN4C(=O)[C@H]([C@@H](C)O)NC3=O)cc2)cc1. The van der Waals surface area contributed by atoms with Crippen LogP contribution in [0.25, 0.3) is 17.2 Å². The fourth-order valence-electron chi connectivity index (χ4n) is 10.1. The maximum Gasteiger partial charge on any atom is 0.261 e. The Morgan fingerprint density at radius 2 is 1.45 bits per heavy atom. The zero-order valence-corrected chi connectivity index (χ0v) is 48.9. The predicted octanol–water partition coefficient (Wildman–Crippen LogP) is -2.72. The molecule has 3 aliphatic heterocycles. The molecule has 0 spiro atoms. The summed E-state index contributed by atoms with van der Waals surface area (Å²) in [6.45, 7) is 2.39. The molecule has 0 radical (unpaired) electrons. The smallest absolute Gasteiger partial charge is 0.261 e. The molecule has 30 heteroatoms. The van der Waals surface area contributed by atoms with Gasteiger partial charge in [0.15, 0.2) is 11.5 Å². The van der Waals surface area contributed by atoms with Gasteiger partial charge in [-0.05, 0) is 78.9 Å². The lowest BCUT2D eigenvalue weighted by Crippen LogP contribution is -2.64. The van der Waals surface area contributed by atoms with Gasteiger partial charge in [-0.25, -0.2) is 5.26 Å². The summed E-state index contributed by atoms with van der Waals surface area (Å²) in [6, 6.07) is 6.04. The molecule has 29 nitrogen and oxygen atoms in total. The number of phenols is 1. The minimum Gasteiger partial charge on any atom is -0.504 e. The lowest BCUT2D eigenvalue weighted by molar-refractivity contribution is -0.433. The molecule has 3 aliphatic rings. The number of carbonyl (C=O) groups excluding carboxylic acids is 7. The molecule has 87 heavy (non-hydrogen) atoms. The second kappa shape index (κ2) is 33.3. The molecular weight excluding hydrogens is 1160 g/mol. The first-order valence-electron chi connectivity index (χ1n) is 28.4. The first-order valence-corrected chi connectivity index (χ1v) is 29.0. The minimum absolute atomic E-state index is 0.0676. The van der Waals surface area contributed by atoms with Crippen molar-refractivity contribution < 1.29 is 103 Å². The highest BCUT2D eigenvalue weighted by atomic mass is 32.2. The van der Waals surface area contributed by atoms with Gasteiger partial charge in [-0.15, -0.1) is 0 Å². The van der Waals surface area contributed by atoms with E-state index in [0.717, 1.165) is 64.7 Å². The number of amides is 7. The maximum atomic E-state index is 14.9. The van der Waals surface area contributed by atoms with Gasteiger partial charge in [0.1, 0.15) is 42.0 Å². The van der Waals surface area contributed by atoms with E-state index < -0.39 is 184 Å². The molecule has 3 aromatic rings. The Labute approximate surface area is 505 Å². The number of hydrogen-bond acceptors (Lipinski definition) is 23. The number of aliphatic hydroxyl groups is 8. The van der Waals surface area contributed by atoms with Crippen LogP contribution in [-0.4, -0.2) is 227 Å². The molecule has 6 rings (SSSR count). The van der Waals surface area contributed by atoms with Gasteiger partial charge in [0.2, 0.25) is 41.4 Å². The number of aliphatic hydroxyl groups excluding tert-OH is 8. The Balaban J connectivity index is 1.34. The van der Waals surface area contributed by atoms with E-state index in [4.69, 9.17) is 14.2 Å². The summed E-state index contributed by atoms with van der Waals surface area (Å²) >= 11 is 0.0676. The molecular formula is C57H78N8O21S. The summed E-state index contributed by atoms with van der Waals surface area (Å²) in [6.07, 6.45) is -8.07. The number of rotatable bonds is 23. The molecule has 0 saturated carbocycles. The van der Waals surface area contributed by atoms with Crippen molar-refractivity contribution in [2.75, 3.05) is 46.0 Å². The Hall–Kier alpha value is -7.04. The number of aromatic hydroxyl groups is 1. The number of β-amino-alcohol motifs (C(OH)–C–C–N with tert-alkyl or cyclic N) is 1. The van der Waals surface area contributed by atoms with E-state index in [1.807, 2.05) is 36.4 Å². The maximum absolute atomic E-state index is 14.9. The molecule has 3 heterocycles. The van der Waals surface area contributed by atoms with Gasteiger partial charge in [0.05, 0.1) is 62.5 Å². The van der Waals surface area contributed by atoms with Gasteiger partial charge in [0, 0.05) is 50.9 Å². The van der Waals surface area contributed by atoms with Crippen LogP contribution in [0.4, 0.5) is 0 Å². The van der Waals surface area contributed by atoms with Crippen molar-refractivity contribution in [2.45, 2.75) is 138 Å². The summed E-state index contributed by atoms with van der Waals surface area (Å²) in [7, 11) is 0. The average Bonchev–Trinajstić information content (AvgIpc) is 2.39. The fourth-order valence-corrected chi connectivity index (χ4v) is 10.4. The van der Waals surface area contributed by atoms with Crippen molar-refractivity contribution in [3.63, 3.8) is 0 Å². The van der Waals surface area contributed by atoms with Crippen LogP contribution in [0.1, 0.15) is 64.0 Å². The molecule has 13 atom stereocenters. The number of carbonyl (C=O) groups is 7. The number of benzene rings is 3. The van der Waals surface area contributed by atoms with Gasteiger partial charge >= 0.3 is 0 Å².